The summed E-state index contributed by atoms with van der Waals surface area (Å²) in [5.41, 5.74) is 0. The molecule has 0 radical (unpaired) electrons. The monoisotopic (exact) mass is 160 g/mol. The number of epoxide rings is 2. The Morgan fingerprint density at radius 2 is 2.27 bits per heavy atom. The zero-order chi connectivity index (χ0) is 7.68. The van der Waals surface area contributed by atoms with Crippen molar-refractivity contribution in [3.8, 4) is 0 Å². The minimum atomic E-state index is -0.167. The quantitative estimate of drug-likeness (QED) is 0.294. The second-order valence-corrected chi connectivity index (χ2v) is 2.79. The zero-order valence-electron chi connectivity index (χ0n) is 6.16. The lowest BCUT2D eigenvalue weighted by Gasteiger charge is -2.11. The molecule has 0 aromatic heterocycles. The van der Waals surface area contributed by atoms with Crippen LogP contribution in [0.4, 0.5) is 0 Å². The molecule has 0 bridgehead atoms. The summed E-state index contributed by atoms with van der Waals surface area (Å²) in [5, 5.41) is 3.10. The first kappa shape index (κ1) is 7.45. The van der Waals surface area contributed by atoms with Gasteiger partial charge >= 0.3 is 0 Å². The van der Waals surface area contributed by atoms with E-state index < -0.39 is 0 Å². The van der Waals surface area contributed by atoms with Gasteiger partial charge in [0.25, 0.3) is 0 Å². The highest BCUT2D eigenvalue weighted by Gasteiger charge is 2.34. The van der Waals surface area contributed by atoms with E-state index in [9.17, 15) is 0 Å². The third-order valence-corrected chi connectivity index (χ3v) is 1.79. The third-order valence-electron chi connectivity index (χ3n) is 1.79. The van der Waals surface area contributed by atoms with Gasteiger partial charge in [0, 0.05) is 6.54 Å². The molecule has 3 atom stereocenters. The lowest BCUT2D eigenvalue weighted by Crippen LogP contribution is -2.40. The first-order valence-electron chi connectivity index (χ1n) is 3.72. The second kappa shape index (κ2) is 3.04. The Kier molecular flexibility index (Phi) is 2.06. The molecule has 0 aliphatic carbocycles. The van der Waals surface area contributed by atoms with Crippen LogP contribution < -0.4 is 11.2 Å². The predicted molar refractivity (Wildman–Crippen MR) is 36.5 cm³/mol. The average molecular weight is 160 g/mol. The van der Waals surface area contributed by atoms with E-state index in [1.165, 1.54) is 0 Å². The molecule has 3 unspecified atom stereocenters. The van der Waals surface area contributed by atoms with Crippen LogP contribution in [0.1, 0.15) is 0 Å². The molecule has 2 aliphatic heterocycles. The van der Waals surface area contributed by atoms with Crippen molar-refractivity contribution in [2.75, 3.05) is 19.8 Å². The maximum Gasteiger partial charge on any atom is 0.158 e. The summed E-state index contributed by atoms with van der Waals surface area (Å²) in [6, 6.07) is 0. The molecule has 64 valence electrons. The summed E-state index contributed by atoms with van der Waals surface area (Å²) < 4.78 is 10.0. The van der Waals surface area contributed by atoms with E-state index in [4.69, 9.17) is 15.4 Å². The highest BCUT2D eigenvalue weighted by molar-refractivity contribution is 4.81. The van der Waals surface area contributed by atoms with Crippen molar-refractivity contribution >= 4 is 0 Å². The number of nitrogens with two attached hydrogens (primary N) is 1. The highest BCUT2D eigenvalue weighted by Crippen LogP contribution is 2.15. The third kappa shape index (κ3) is 2.11. The van der Waals surface area contributed by atoms with Gasteiger partial charge in [0.15, 0.2) is 6.23 Å². The molecule has 2 aliphatic rings. The maximum absolute atomic E-state index is 5.04. The van der Waals surface area contributed by atoms with E-state index in [0.717, 1.165) is 19.8 Å². The molecule has 0 aromatic carbocycles. The lowest BCUT2D eigenvalue weighted by atomic mass is 10.4. The van der Waals surface area contributed by atoms with E-state index in [0.29, 0.717) is 6.10 Å². The Morgan fingerprint density at radius 3 is 2.73 bits per heavy atom. The maximum atomic E-state index is 5.04. The van der Waals surface area contributed by atoms with Crippen molar-refractivity contribution in [1.29, 1.82) is 0 Å². The Hall–Kier alpha value is -0.200. The molecule has 3 N–H and O–H groups in total. The van der Waals surface area contributed by atoms with Crippen LogP contribution in [0, 0.1) is 0 Å². The Bertz CT molecular complexity index is 136. The van der Waals surface area contributed by atoms with Gasteiger partial charge in [-0.15, -0.1) is 0 Å². The zero-order valence-corrected chi connectivity index (χ0v) is 6.16. The van der Waals surface area contributed by atoms with Crippen LogP contribution in [0.5, 0.6) is 0 Å². The van der Waals surface area contributed by atoms with E-state index in [1.807, 2.05) is 0 Å². The van der Waals surface area contributed by atoms with Gasteiger partial charge in [-0.05, 0) is 0 Å². The summed E-state index contributed by atoms with van der Waals surface area (Å²) in [6.07, 6.45) is 0.323. The Balaban J connectivity index is 1.63. The number of hydrogen-bond donors (Lipinski definition) is 2. The van der Waals surface area contributed by atoms with Crippen LogP contribution >= 0.6 is 0 Å². The van der Waals surface area contributed by atoms with Crippen LogP contribution in [-0.4, -0.2) is 38.2 Å². The minimum Gasteiger partial charge on any atom is -0.372 e. The highest BCUT2D eigenvalue weighted by atomic mass is 16.7. The molecule has 2 rings (SSSR count). The molecule has 0 aromatic rings. The fourth-order valence-corrected chi connectivity index (χ4v) is 0.931. The van der Waals surface area contributed by atoms with Crippen LogP contribution in [0.2, 0.25) is 0 Å². The van der Waals surface area contributed by atoms with Crippen LogP contribution in [0.3, 0.4) is 0 Å². The SMILES string of the molecule is NOC(NCC1CO1)C1CO1. The molecule has 2 fully saturated rings. The molecule has 0 spiro atoms. The molecular weight excluding hydrogens is 148 g/mol. The number of rotatable bonds is 5. The second-order valence-electron chi connectivity index (χ2n) is 2.79. The van der Waals surface area contributed by atoms with Gasteiger partial charge in [0.05, 0.1) is 19.3 Å². The van der Waals surface area contributed by atoms with E-state index >= 15 is 0 Å². The van der Waals surface area contributed by atoms with Crippen molar-refractivity contribution in [3.05, 3.63) is 0 Å². The average Bonchev–Trinajstić information content (AvgIpc) is 2.85. The van der Waals surface area contributed by atoms with Gasteiger partial charge in [-0.3, -0.25) is 10.2 Å². The van der Waals surface area contributed by atoms with Crippen LogP contribution in [0.25, 0.3) is 0 Å². The predicted octanol–water partition coefficient (Wildman–Crippen LogP) is -1.41. The Labute approximate surface area is 64.7 Å². The van der Waals surface area contributed by atoms with Gasteiger partial charge in [0.1, 0.15) is 6.10 Å². The van der Waals surface area contributed by atoms with Crippen molar-refractivity contribution in [3.63, 3.8) is 0 Å². The van der Waals surface area contributed by atoms with Crippen molar-refractivity contribution in [2.24, 2.45) is 5.90 Å². The van der Waals surface area contributed by atoms with Gasteiger partial charge in [0.2, 0.25) is 0 Å². The molecule has 5 nitrogen and oxygen atoms in total. The largest absolute Gasteiger partial charge is 0.372 e. The summed E-state index contributed by atoms with van der Waals surface area (Å²) in [5.74, 6) is 5.04. The molecule has 2 heterocycles. The summed E-state index contributed by atoms with van der Waals surface area (Å²) >= 11 is 0. The van der Waals surface area contributed by atoms with Gasteiger partial charge < -0.3 is 9.47 Å². The van der Waals surface area contributed by atoms with Gasteiger partial charge in [-0.1, -0.05) is 0 Å². The Morgan fingerprint density at radius 1 is 1.55 bits per heavy atom. The number of hydrogen-bond acceptors (Lipinski definition) is 5. The van der Waals surface area contributed by atoms with Gasteiger partial charge in [-0.2, -0.15) is 0 Å². The molecule has 0 amide bonds. The molecule has 11 heavy (non-hydrogen) atoms. The van der Waals surface area contributed by atoms with Crippen molar-refractivity contribution in [1.82, 2.24) is 5.32 Å². The molecule has 5 heteroatoms. The molecular formula is C6H12N2O3. The van der Waals surface area contributed by atoms with E-state index in [1.54, 1.807) is 0 Å². The van der Waals surface area contributed by atoms with Crippen molar-refractivity contribution < 1.29 is 14.3 Å². The number of ether oxygens (including phenoxy) is 2. The first-order valence-corrected chi connectivity index (χ1v) is 3.72. The molecule has 0 saturated carbocycles. The van der Waals surface area contributed by atoms with Gasteiger partial charge in [-0.25, -0.2) is 5.90 Å². The molecule has 2 saturated heterocycles. The number of nitrogens with one attached hydrogen (secondary N) is 1. The van der Waals surface area contributed by atoms with Crippen LogP contribution in [-0.2, 0) is 14.3 Å². The first-order chi connectivity index (χ1) is 5.40. The summed E-state index contributed by atoms with van der Waals surface area (Å²) in [6.45, 7) is 2.37. The summed E-state index contributed by atoms with van der Waals surface area (Å²) in [7, 11) is 0. The lowest BCUT2D eigenvalue weighted by molar-refractivity contribution is 0.00882. The smallest absolute Gasteiger partial charge is 0.158 e. The van der Waals surface area contributed by atoms with E-state index in [-0.39, 0.29) is 12.3 Å². The van der Waals surface area contributed by atoms with E-state index in [2.05, 4.69) is 10.2 Å². The topological polar surface area (TPSA) is 72.3 Å². The van der Waals surface area contributed by atoms with Crippen LogP contribution in [0.15, 0.2) is 0 Å². The standard InChI is InChI=1S/C6H12N2O3/c7-11-6(5-3-10-5)8-1-4-2-9-4/h4-6,8H,1-3,7H2. The fourth-order valence-electron chi connectivity index (χ4n) is 0.931. The van der Waals surface area contributed by atoms with Crippen molar-refractivity contribution in [2.45, 2.75) is 18.4 Å². The minimum absolute atomic E-state index is 0.138. The summed E-state index contributed by atoms with van der Waals surface area (Å²) in [4.78, 5) is 4.66. The normalized spacial score (nSPS) is 36.8. The fraction of sp³-hybridized carbons (Fsp3) is 1.00.